The van der Waals surface area contributed by atoms with E-state index < -0.39 is 0 Å². The van der Waals surface area contributed by atoms with Gasteiger partial charge < -0.3 is 9.47 Å². The van der Waals surface area contributed by atoms with Gasteiger partial charge in [-0.25, -0.2) is 0 Å². The second-order valence-corrected chi connectivity index (χ2v) is 6.28. The van der Waals surface area contributed by atoms with Gasteiger partial charge in [0.25, 0.3) is 0 Å². The number of aromatic nitrogens is 4. The summed E-state index contributed by atoms with van der Waals surface area (Å²) in [4.78, 5) is 0. The van der Waals surface area contributed by atoms with Crippen LogP contribution >= 0.6 is 11.8 Å². The maximum atomic E-state index is 5.60. The molecule has 2 rings (SSSR count). The molecule has 0 saturated carbocycles. The highest BCUT2D eigenvalue weighted by molar-refractivity contribution is 7.99. The summed E-state index contributed by atoms with van der Waals surface area (Å²) in [6.45, 7) is 5.90. The summed E-state index contributed by atoms with van der Waals surface area (Å²) in [5.74, 6) is 2.31. The molecule has 0 bridgehead atoms. The van der Waals surface area contributed by atoms with Crippen molar-refractivity contribution in [1.82, 2.24) is 20.2 Å². The minimum atomic E-state index is 0.676. The van der Waals surface area contributed by atoms with Crippen LogP contribution in [0.1, 0.15) is 20.3 Å². The standard InChI is InChI=1S/C15H22N4O2S/c1-12(2)8-9-21-10-11-22-15-16-17-18-19(15)13-4-6-14(20-3)7-5-13/h4-7,12H,8-11H2,1-3H3. The van der Waals surface area contributed by atoms with E-state index in [4.69, 9.17) is 9.47 Å². The minimum absolute atomic E-state index is 0.676. The summed E-state index contributed by atoms with van der Waals surface area (Å²) in [6, 6.07) is 7.64. The summed E-state index contributed by atoms with van der Waals surface area (Å²) in [6.07, 6.45) is 1.09. The second-order valence-electron chi connectivity index (χ2n) is 5.21. The fraction of sp³-hybridized carbons (Fsp3) is 0.533. The first-order valence-electron chi connectivity index (χ1n) is 7.34. The van der Waals surface area contributed by atoms with Gasteiger partial charge in [-0.2, -0.15) is 4.68 Å². The molecule has 6 nitrogen and oxygen atoms in total. The summed E-state index contributed by atoms with van der Waals surface area (Å²) < 4.78 is 12.5. The summed E-state index contributed by atoms with van der Waals surface area (Å²) >= 11 is 1.59. The van der Waals surface area contributed by atoms with Crippen LogP contribution in [0, 0.1) is 5.92 Å². The van der Waals surface area contributed by atoms with E-state index in [1.165, 1.54) is 0 Å². The Balaban J connectivity index is 1.84. The normalized spacial score (nSPS) is 11.1. The van der Waals surface area contributed by atoms with Crippen LogP contribution in [0.5, 0.6) is 5.75 Å². The largest absolute Gasteiger partial charge is 0.497 e. The van der Waals surface area contributed by atoms with Crippen molar-refractivity contribution in [2.75, 3.05) is 26.1 Å². The van der Waals surface area contributed by atoms with Crippen molar-refractivity contribution in [2.24, 2.45) is 5.92 Å². The Labute approximate surface area is 135 Å². The van der Waals surface area contributed by atoms with Crippen LogP contribution in [0.2, 0.25) is 0 Å². The van der Waals surface area contributed by atoms with E-state index in [-0.39, 0.29) is 0 Å². The van der Waals surface area contributed by atoms with E-state index >= 15 is 0 Å². The molecule has 0 spiro atoms. The van der Waals surface area contributed by atoms with Gasteiger partial charge in [-0.05, 0) is 47.0 Å². The third-order valence-corrected chi connectivity index (χ3v) is 3.94. The molecule has 0 aliphatic rings. The Morgan fingerprint density at radius 3 is 2.64 bits per heavy atom. The van der Waals surface area contributed by atoms with Gasteiger partial charge in [0, 0.05) is 12.4 Å². The van der Waals surface area contributed by atoms with Gasteiger partial charge in [0.1, 0.15) is 5.75 Å². The van der Waals surface area contributed by atoms with Crippen molar-refractivity contribution in [3.05, 3.63) is 24.3 Å². The minimum Gasteiger partial charge on any atom is -0.497 e. The average Bonchev–Trinajstić information content (AvgIpc) is 2.99. The molecule has 0 saturated heterocycles. The number of tetrazole rings is 1. The van der Waals surface area contributed by atoms with Crippen LogP contribution in [-0.2, 0) is 4.74 Å². The summed E-state index contributed by atoms with van der Waals surface area (Å²) in [5, 5.41) is 12.6. The Morgan fingerprint density at radius 1 is 1.18 bits per heavy atom. The van der Waals surface area contributed by atoms with Crippen LogP contribution in [0.15, 0.2) is 29.4 Å². The fourth-order valence-corrected chi connectivity index (χ4v) is 2.51. The molecule has 0 unspecified atom stereocenters. The molecule has 1 aromatic carbocycles. The van der Waals surface area contributed by atoms with Crippen molar-refractivity contribution in [1.29, 1.82) is 0 Å². The lowest BCUT2D eigenvalue weighted by Gasteiger charge is -2.07. The average molecular weight is 322 g/mol. The summed E-state index contributed by atoms with van der Waals surface area (Å²) in [5.41, 5.74) is 0.911. The molecule has 0 aliphatic carbocycles. The number of hydrogen-bond donors (Lipinski definition) is 0. The quantitative estimate of drug-likeness (QED) is 0.522. The SMILES string of the molecule is COc1ccc(-n2nnnc2SCCOCCC(C)C)cc1. The first-order valence-corrected chi connectivity index (χ1v) is 8.32. The third kappa shape index (κ3) is 4.99. The van der Waals surface area contributed by atoms with Crippen LogP contribution in [0.25, 0.3) is 5.69 Å². The van der Waals surface area contributed by atoms with Crippen LogP contribution in [0.4, 0.5) is 0 Å². The highest BCUT2D eigenvalue weighted by atomic mass is 32.2. The van der Waals surface area contributed by atoms with Gasteiger partial charge in [0.05, 0.1) is 19.4 Å². The number of ether oxygens (including phenoxy) is 2. The predicted molar refractivity (Wildman–Crippen MR) is 86.7 cm³/mol. The maximum absolute atomic E-state index is 5.60. The van der Waals surface area contributed by atoms with Gasteiger partial charge in [-0.1, -0.05) is 25.6 Å². The Bertz CT molecular complexity index is 557. The molecule has 0 atom stereocenters. The van der Waals surface area contributed by atoms with Crippen molar-refractivity contribution in [3.8, 4) is 11.4 Å². The zero-order valence-corrected chi connectivity index (χ0v) is 14.0. The molecular formula is C15H22N4O2S. The van der Waals surface area contributed by atoms with Crippen molar-refractivity contribution < 1.29 is 9.47 Å². The topological polar surface area (TPSA) is 62.1 Å². The van der Waals surface area contributed by atoms with Crippen LogP contribution in [-0.4, -0.2) is 46.3 Å². The van der Waals surface area contributed by atoms with Crippen LogP contribution in [0.3, 0.4) is 0 Å². The van der Waals surface area contributed by atoms with E-state index in [0.29, 0.717) is 12.5 Å². The number of hydrogen-bond acceptors (Lipinski definition) is 6. The molecule has 0 radical (unpaired) electrons. The maximum Gasteiger partial charge on any atom is 0.214 e. The van der Waals surface area contributed by atoms with Gasteiger partial charge in [0.15, 0.2) is 0 Å². The molecular weight excluding hydrogens is 300 g/mol. The lowest BCUT2D eigenvalue weighted by molar-refractivity contribution is 0.138. The van der Waals surface area contributed by atoms with E-state index in [2.05, 4.69) is 29.4 Å². The van der Waals surface area contributed by atoms with Gasteiger partial charge in [0.2, 0.25) is 5.16 Å². The monoisotopic (exact) mass is 322 g/mol. The Hall–Kier alpha value is -1.60. The Kier molecular flexibility index (Phi) is 6.67. The molecule has 0 amide bonds. The van der Waals surface area contributed by atoms with Crippen molar-refractivity contribution in [2.45, 2.75) is 25.4 Å². The Morgan fingerprint density at radius 2 is 1.95 bits per heavy atom. The number of methoxy groups -OCH3 is 1. The van der Waals surface area contributed by atoms with E-state index in [1.54, 1.807) is 23.6 Å². The zero-order chi connectivity index (χ0) is 15.8. The lowest BCUT2D eigenvalue weighted by atomic mass is 10.1. The highest BCUT2D eigenvalue weighted by Gasteiger charge is 2.09. The third-order valence-electron chi connectivity index (χ3n) is 3.06. The highest BCUT2D eigenvalue weighted by Crippen LogP contribution is 2.20. The van der Waals surface area contributed by atoms with E-state index in [9.17, 15) is 0 Å². The van der Waals surface area contributed by atoms with Gasteiger partial charge in [-0.3, -0.25) is 0 Å². The first kappa shape index (κ1) is 16.8. The lowest BCUT2D eigenvalue weighted by Crippen LogP contribution is -2.04. The number of nitrogens with zero attached hydrogens (tertiary/aromatic N) is 4. The second kappa shape index (κ2) is 8.75. The zero-order valence-electron chi connectivity index (χ0n) is 13.2. The number of thioether (sulfide) groups is 1. The molecule has 120 valence electrons. The van der Waals surface area contributed by atoms with Crippen molar-refractivity contribution in [3.63, 3.8) is 0 Å². The van der Waals surface area contributed by atoms with Gasteiger partial charge >= 0.3 is 0 Å². The molecule has 0 aliphatic heterocycles. The smallest absolute Gasteiger partial charge is 0.214 e. The molecule has 0 fully saturated rings. The fourth-order valence-electron chi connectivity index (χ4n) is 1.77. The molecule has 1 aromatic heterocycles. The first-order chi connectivity index (χ1) is 10.7. The van der Waals surface area contributed by atoms with E-state index in [0.717, 1.165) is 35.4 Å². The number of rotatable bonds is 9. The van der Waals surface area contributed by atoms with Crippen LogP contribution < -0.4 is 4.74 Å². The summed E-state index contributed by atoms with van der Waals surface area (Å²) in [7, 11) is 1.65. The van der Waals surface area contributed by atoms with Crippen molar-refractivity contribution >= 4 is 11.8 Å². The number of benzene rings is 1. The molecule has 0 N–H and O–H groups in total. The molecule has 7 heteroatoms. The molecule has 1 heterocycles. The van der Waals surface area contributed by atoms with E-state index in [1.807, 2.05) is 24.3 Å². The van der Waals surface area contributed by atoms with Gasteiger partial charge in [-0.15, -0.1) is 5.10 Å². The predicted octanol–water partition coefficient (Wildman–Crippen LogP) is 2.83. The molecule has 2 aromatic rings. The molecule has 22 heavy (non-hydrogen) atoms.